The second kappa shape index (κ2) is 6.18. The van der Waals surface area contributed by atoms with E-state index in [1.54, 1.807) is 36.0 Å². The Balaban J connectivity index is 1.94. The normalized spacial score (nSPS) is 10.9. The van der Waals surface area contributed by atoms with Gasteiger partial charge in [-0.1, -0.05) is 6.07 Å². The standard InChI is InChI=1S/C20H12F2N4O/c1-25-7-6-18-19(20(25)27)24-11-26(18)14-3-5-17(22)16(9-14)15-4-2-13(21)8-12(15)10-23/h2-9,11H,1H3. The van der Waals surface area contributed by atoms with Gasteiger partial charge < -0.3 is 4.57 Å². The summed E-state index contributed by atoms with van der Waals surface area (Å²) in [4.78, 5) is 16.3. The fourth-order valence-corrected chi connectivity index (χ4v) is 3.02. The van der Waals surface area contributed by atoms with Crippen LogP contribution < -0.4 is 5.56 Å². The zero-order chi connectivity index (χ0) is 19.1. The molecular formula is C20H12F2N4O. The minimum absolute atomic E-state index is 0.0374. The molecule has 27 heavy (non-hydrogen) atoms. The summed E-state index contributed by atoms with van der Waals surface area (Å²) < 4.78 is 31.0. The summed E-state index contributed by atoms with van der Waals surface area (Å²) in [5.74, 6) is -1.11. The van der Waals surface area contributed by atoms with Crippen LogP contribution >= 0.6 is 0 Å². The summed E-state index contributed by atoms with van der Waals surface area (Å²) in [6.07, 6.45) is 3.11. The van der Waals surface area contributed by atoms with E-state index < -0.39 is 11.6 Å². The van der Waals surface area contributed by atoms with Gasteiger partial charge in [0.15, 0.2) is 5.52 Å². The van der Waals surface area contributed by atoms with Crippen molar-refractivity contribution in [3.05, 3.63) is 82.5 Å². The minimum atomic E-state index is -0.566. The van der Waals surface area contributed by atoms with E-state index in [0.717, 1.165) is 6.07 Å². The number of halogens is 2. The van der Waals surface area contributed by atoms with Crippen molar-refractivity contribution in [2.45, 2.75) is 0 Å². The third kappa shape index (κ3) is 2.68. The molecule has 0 aliphatic rings. The number of fused-ring (bicyclic) bond motifs is 1. The number of aryl methyl sites for hydroxylation is 1. The van der Waals surface area contributed by atoms with Crippen LogP contribution in [0, 0.1) is 23.0 Å². The summed E-state index contributed by atoms with van der Waals surface area (Å²) in [5.41, 5.74) is 1.69. The Morgan fingerprint density at radius 1 is 1.07 bits per heavy atom. The number of imidazole rings is 1. The fraction of sp³-hybridized carbons (Fsp3) is 0.0500. The first-order valence-corrected chi connectivity index (χ1v) is 8.02. The van der Waals surface area contributed by atoms with E-state index in [-0.39, 0.29) is 16.7 Å². The van der Waals surface area contributed by atoms with Crippen molar-refractivity contribution in [2.75, 3.05) is 0 Å². The molecule has 0 radical (unpaired) electrons. The molecule has 0 amide bonds. The molecule has 0 aliphatic heterocycles. The van der Waals surface area contributed by atoms with Gasteiger partial charge >= 0.3 is 0 Å². The van der Waals surface area contributed by atoms with Crippen LogP contribution in [-0.4, -0.2) is 14.1 Å². The highest BCUT2D eigenvalue weighted by atomic mass is 19.1. The van der Waals surface area contributed by atoms with Crippen molar-refractivity contribution in [2.24, 2.45) is 7.05 Å². The van der Waals surface area contributed by atoms with E-state index in [9.17, 15) is 18.8 Å². The maximum absolute atomic E-state index is 14.5. The van der Waals surface area contributed by atoms with Crippen LogP contribution in [0.3, 0.4) is 0 Å². The molecule has 0 unspecified atom stereocenters. The van der Waals surface area contributed by atoms with Gasteiger partial charge in [-0.05, 0) is 36.4 Å². The Labute approximate surface area is 152 Å². The largest absolute Gasteiger partial charge is 0.317 e. The zero-order valence-electron chi connectivity index (χ0n) is 14.1. The molecule has 2 aromatic heterocycles. The quantitative estimate of drug-likeness (QED) is 0.548. The molecule has 0 N–H and O–H groups in total. The summed E-state index contributed by atoms with van der Waals surface area (Å²) in [6, 6.07) is 11.6. The molecule has 2 heterocycles. The molecule has 0 atom stereocenters. The maximum atomic E-state index is 14.5. The van der Waals surface area contributed by atoms with Crippen molar-refractivity contribution in [3.8, 4) is 22.9 Å². The van der Waals surface area contributed by atoms with E-state index in [0.29, 0.717) is 22.3 Å². The van der Waals surface area contributed by atoms with Gasteiger partial charge in [-0.15, -0.1) is 0 Å². The van der Waals surface area contributed by atoms with Gasteiger partial charge in [0.05, 0.1) is 17.1 Å². The van der Waals surface area contributed by atoms with Crippen LogP contribution in [0.5, 0.6) is 0 Å². The van der Waals surface area contributed by atoms with Gasteiger partial charge in [-0.25, -0.2) is 13.8 Å². The zero-order valence-corrected chi connectivity index (χ0v) is 14.1. The van der Waals surface area contributed by atoms with Crippen molar-refractivity contribution in [1.82, 2.24) is 14.1 Å². The second-order valence-corrected chi connectivity index (χ2v) is 6.05. The number of hydrogen-bond donors (Lipinski definition) is 0. The molecular weight excluding hydrogens is 350 g/mol. The molecule has 7 heteroatoms. The summed E-state index contributed by atoms with van der Waals surface area (Å²) in [7, 11) is 1.63. The van der Waals surface area contributed by atoms with Crippen molar-refractivity contribution in [1.29, 1.82) is 5.26 Å². The molecule has 0 saturated heterocycles. The van der Waals surface area contributed by atoms with Crippen molar-refractivity contribution in [3.63, 3.8) is 0 Å². The SMILES string of the molecule is Cn1ccc2c(ncn2-c2ccc(F)c(-c3ccc(F)cc3C#N)c2)c1=O. The number of pyridine rings is 1. The van der Waals surface area contributed by atoms with Gasteiger partial charge in [0.1, 0.15) is 18.0 Å². The molecule has 0 bridgehead atoms. The van der Waals surface area contributed by atoms with E-state index in [4.69, 9.17) is 0 Å². The van der Waals surface area contributed by atoms with E-state index in [1.165, 1.54) is 29.1 Å². The van der Waals surface area contributed by atoms with E-state index in [2.05, 4.69) is 4.98 Å². The van der Waals surface area contributed by atoms with Gasteiger partial charge in [-0.2, -0.15) is 5.26 Å². The summed E-state index contributed by atoms with van der Waals surface area (Å²) in [5, 5.41) is 9.25. The van der Waals surface area contributed by atoms with Gasteiger partial charge in [-0.3, -0.25) is 9.36 Å². The lowest BCUT2D eigenvalue weighted by Crippen LogP contribution is -2.15. The maximum Gasteiger partial charge on any atom is 0.278 e. The Bertz CT molecular complexity index is 1300. The van der Waals surface area contributed by atoms with Crippen LogP contribution in [0.1, 0.15) is 5.56 Å². The van der Waals surface area contributed by atoms with E-state index in [1.807, 2.05) is 6.07 Å². The highest BCUT2D eigenvalue weighted by molar-refractivity contribution is 5.78. The molecule has 0 spiro atoms. The third-order valence-corrected chi connectivity index (χ3v) is 4.40. The van der Waals surface area contributed by atoms with Gasteiger partial charge in [0, 0.05) is 30.1 Å². The number of aromatic nitrogens is 3. The van der Waals surface area contributed by atoms with Crippen molar-refractivity contribution >= 4 is 11.0 Å². The first-order valence-electron chi connectivity index (χ1n) is 8.02. The van der Waals surface area contributed by atoms with Crippen LogP contribution in [0.2, 0.25) is 0 Å². The lowest BCUT2D eigenvalue weighted by Gasteiger charge is -2.10. The predicted molar refractivity (Wildman–Crippen MR) is 96.4 cm³/mol. The Hall–Kier alpha value is -3.79. The van der Waals surface area contributed by atoms with Crippen LogP contribution in [0.15, 0.2) is 59.8 Å². The van der Waals surface area contributed by atoms with Crippen molar-refractivity contribution < 1.29 is 8.78 Å². The second-order valence-electron chi connectivity index (χ2n) is 6.05. The number of rotatable bonds is 2. The highest BCUT2D eigenvalue weighted by Crippen LogP contribution is 2.29. The number of hydrogen-bond acceptors (Lipinski definition) is 3. The Morgan fingerprint density at radius 2 is 1.89 bits per heavy atom. The lowest BCUT2D eigenvalue weighted by molar-refractivity contribution is 0.625. The number of benzene rings is 2. The first kappa shape index (κ1) is 16.7. The number of nitriles is 1. The van der Waals surface area contributed by atoms with Gasteiger partial charge in [0.2, 0.25) is 0 Å². The van der Waals surface area contributed by atoms with Gasteiger partial charge in [0.25, 0.3) is 5.56 Å². The van der Waals surface area contributed by atoms with E-state index >= 15 is 0 Å². The number of nitrogens with zero attached hydrogens (tertiary/aromatic N) is 4. The average molecular weight is 362 g/mol. The molecule has 0 aliphatic carbocycles. The minimum Gasteiger partial charge on any atom is -0.317 e. The fourth-order valence-electron chi connectivity index (χ4n) is 3.02. The lowest BCUT2D eigenvalue weighted by atomic mass is 9.99. The van der Waals surface area contributed by atoms with Crippen LogP contribution in [0.25, 0.3) is 27.8 Å². The topological polar surface area (TPSA) is 63.6 Å². The molecule has 4 rings (SSSR count). The Morgan fingerprint density at radius 3 is 2.67 bits per heavy atom. The average Bonchev–Trinajstić information content (AvgIpc) is 3.10. The molecule has 0 saturated carbocycles. The smallest absolute Gasteiger partial charge is 0.278 e. The predicted octanol–water partition coefficient (Wildman–Crippen LogP) is 3.54. The molecule has 4 aromatic rings. The molecule has 2 aromatic carbocycles. The molecule has 0 fully saturated rings. The third-order valence-electron chi connectivity index (χ3n) is 4.40. The monoisotopic (exact) mass is 362 g/mol. The molecule has 5 nitrogen and oxygen atoms in total. The molecule has 132 valence electrons. The van der Waals surface area contributed by atoms with Crippen LogP contribution in [-0.2, 0) is 7.05 Å². The first-order chi connectivity index (χ1) is 13.0. The summed E-state index contributed by atoms with van der Waals surface area (Å²) in [6.45, 7) is 0. The highest BCUT2D eigenvalue weighted by Gasteiger charge is 2.14. The van der Waals surface area contributed by atoms with Crippen LogP contribution in [0.4, 0.5) is 8.78 Å². The Kier molecular flexibility index (Phi) is 3.81. The summed E-state index contributed by atoms with van der Waals surface area (Å²) >= 11 is 0.